The van der Waals surface area contributed by atoms with Crippen LogP contribution < -0.4 is 4.72 Å². The van der Waals surface area contributed by atoms with Crippen LogP contribution in [0.25, 0.3) is 0 Å². The number of benzene rings is 2. The molecule has 0 fully saturated rings. The second-order valence-corrected chi connectivity index (χ2v) is 7.24. The number of hydrogen-bond donors (Lipinski definition) is 1. The van der Waals surface area contributed by atoms with E-state index < -0.39 is 10.0 Å². The number of nitrogens with one attached hydrogen (secondary N) is 1. The van der Waals surface area contributed by atoms with Gasteiger partial charge in [-0.25, -0.2) is 13.1 Å². The first-order chi connectivity index (χ1) is 12.0. The van der Waals surface area contributed by atoms with Gasteiger partial charge in [-0.1, -0.05) is 48.5 Å². The molecule has 1 heterocycles. The third kappa shape index (κ3) is 4.40. The molecule has 3 rings (SSSR count). The average Bonchev–Trinajstić information content (AvgIpc) is 3.10. The van der Waals surface area contributed by atoms with Crippen molar-refractivity contribution >= 4 is 15.8 Å². The van der Waals surface area contributed by atoms with Crippen LogP contribution in [0.3, 0.4) is 0 Å². The summed E-state index contributed by atoms with van der Waals surface area (Å²) in [5.41, 5.74) is 1.43. The molecule has 128 valence electrons. The smallest absolute Gasteiger partial charge is 0.240 e. The summed E-state index contributed by atoms with van der Waals surface area (Å²) in [4.78, 5) is 12.3. The van der Waals surface area contributed by atoms with Gasteiger partial charge in [0.2, 0.25) is 10.0 Å². The van der Waals surface area contributed by atoms with Crippen LogP contribution >= 0.6 is 0 Å². The van der Waals surface area contributed by atoms with Crippen LogP contribution in [0.1, 0.15) is 15.9 Å². The largest absolute Gasteiger partial charge is 0.293 e. The van der Waals surface area contributed by atoms with Crippen molar-refractivity contribution in [2.75, 3.05) is 6.54 Å². The number of rotatable bonds is 7. The zero-order valence-corrected chi connectivity index (χ0v) is 14.2. The van der Waals surface area contributed by atoms with E-state index in [0.717, 1.165) is 5.56 Å². The van der Waals surface area contributed by atoms with Crippen LogP contribution in [0.5, 0.6) is 0 Å². The number of aromatic nitrogens is 2. The van der Waals surface area contributed by atoms with Crippen molar-refractivity contribution in [2.45, 2.75) is 11.4 Å². The molecule has 0 aliphatic heterocycles. The van der Waals surface area contributed by atoms with Gasteiger partial charge in [-0.3, -0.25) is 9.48 Å². The van der Waals surface area contributed by atoms with Gasteiger partial charge in [0.15, 0.2) is 5.78 Å². The fourth-order valence-corrected chi connectivity index (χ4v) is 3.31. The average molecular weight is 355 g/mol. The minimum atomic E-state index is -3.70. The van der Waals surface area contributed by atoms with Gasteiger partial charge >= 0.3 is 0 Å². The maximum Gasteiger partial charge on any atom is 0.240 e. The Kier molecular flexibility index (Phi) is 5.06. The molecule has 0 amide bonds. The van der Waals surface area contributed by atoms with Gasteiger partial charge in [0.25, 0.3) is 0 Å². The van der Waals surface area contributed by atoms with Gasteiger partial charge in [-0.2, -0.15) is 5.10 Å². The number of Topliss-reactive ketones (excluding diaryl/α,β-unsaturated/α-hetero) is 1. The summed E-state index contributed by atoms with van der Waals surface area (Å²) in [6.07, 6.45) is 3.06. The summed E-state index contributed by atoms with van der Waals surface area (Å²) < 4.78 is 28.2. The summed E-state index contributed by atoms with van der Waals surface area (Å²) in [6, 6.07) is 17.7. The normalized spacial score (nSPS) is 11.4. The molecule has 3 aromatic rings. The summed E-state index contributed by atoms with van der Waals surface area (Å²) in [5.74, 6) is -0.334. The molecule has 0 radical (unpaired) electrons. The van der Waals surface area contributed by atoms with E-state index in [1.54, 1.807) is 29.1 Å². The standard InChI is InChI=1S/C18H17N3O3S/c22-18(12-20-25(23,24)17-9-5-2-6-10-17)16-11-19-21(14-16)13-15-7-3-1-4-8-15/h1-11,14,20H,12-13H2. The Morgan fingerprint density at radius 2 is 1.64 bits per heavy atom. The fraction of sp³-hybridized carbons (Fsp3) is 0.111. The number of hydrogen-bond acceptors (Lipinski definition) is 4. The van der Waals surface area contributed by atoms with Crippen molar-refractivity contribution in [1.29, 1.82) is 0 Å². The Balaban J connectivity index is 1.62. The molecule has 1 aromatic heterocycles. The molecule has 0 saturated heterocycles. The molecule has 0 unspecified atom stereocenters. The van der Waals surface area contributed by atoms with Crippen molar-refractivity contribution in [1.82, 2.24) is 14.5 Å². The Labute approximate surface area is 146 Å². The first-order valence-electron chi connectivity index (χ1n) is 7.69. The molecule has 7 heteroatoms. The second kappa shape index (κ2) is 7.42. The molecule has 0 saturated carbocycles. The van der Waals surface area contributed by atoms with Gasteiger partial charge in [-0.05, 0) is 17.7 Å². The molecule has 0 aliphatic rings. The zero-order valence-electron chi connectivity index (χ0n) is 13.4. The van der Waals surface area contributed by atoms with E-state index in [1.807, 2.05) is 30.3 Å². The summed E-state index contributed by atoms with van der Waals surface area (Å²) in [5, 5.41) is 4.15. The highest BCUT2D eigenvalue weighted by Gasteiger charge is 2.16. The summed E-state index contributed by atoms with van der Waals surface area (Å²) >= 11 is 0. The Hall–Kier alpha value is -2.77. The number of ketones is 1. The van der Waals surface area contributed by atoms with E-state index in [4.69, 9.17) is 0 Å². The minimum absolute atomic E-state index is 0.127. The molecule has 0 atom stereocenters. The third-order valence-corrected chi connectivity index (χ3v) is 5.04. The predicted molar refractivity (Wildman–Crippen MR) is 93.7 cm³/mol. The van der Waals surface area contributed by atoms with E-state index in [9.17, 15) is 13.2 Å². The first-order valence-corrected chi connectivity index (χ1v) is 9.17. The number of carbonyl (C=O) groups is 1. The quantitative estimate of drug-likeness (QED) is 0.658. The molecule has 0 bridgehead atoms. The number of nitrogens with zero attached hydrogens (tertiary/aromatic N) is 2. The van der Waals surface area contributed by atoms with Crippen molar-refractivity contribution in [3.8, 4) is 0 Å². The SMILES string of the molecule is O=C(CNS(=O)(=O)c1ccccc1)c1cnn(Cc2ccccc2)c1. The van der Waals surface area contributed by atoms with Crippen molar-refractivity contribution in [3.05, 3.63) is 84.2 Å². The van der Waals surface area contributed by atoms with E-state index in [-0.39, 0.29) is 17.2 Å². The lowest BCUT2D eigenvalue weighted by atomic mass is 10.2. The van der Waals surface area contributed by atoms with Gasteiger partial charge < -0.3 is 0 Å². The van der Waals surface area contributed by atoms with Crippen LogP contribution in [0.4, 0.5) is 0 Å². The molecule has 1 N–H and O–H groups in total. The van der Waals surface area contributed by atoms with E-state index in [2.05, 4.69) is 9.82 Å². The summed E-state index contributed by atoms with van der Waals surface area (Å²) in [6.45, 7) is 0.234. The number of carbonyl (C=O) groups excluding carboxylic acids is 1. The van der Waals surface area contributed by atoms with Gasteiger partial charge in [0, 0.05) is 6.20 Å². The van der Waals surface area contributed by atoms with Crippen LogP contribution in [0.15, 0.2) is 78.0 Å². The highest BCUT2D eigenvalue weighted by Crippen LogP contribution is 2.08. The van der Waals surface area contributed by atoms with Gasteiger partial charge in [-0.15, -0.1) is 0 Å². The maximum atomic E-state index is 12.2. The Morgan fingerprint density at radius 3 is 2.32 bits per heavy atom. The fourth-order valence-electron chi connectivity index (χ4n) is 2.31. The lowest BCUT2D eigenvalue weighted by Crippen LogP contribution is -2.29. The van der Waals surface area contributed by atoms with E-state index in [0.29, 0.717) is 12.1 Å². The number of sulfonamides is 1. The van der Waals surface area contributed by atoms with Crippen LogP contribution in [-0.2, 0) is 16.6 Å². The molecule has 6 nitrogen and oxygen atoms in total. The molecular formula is C18H17N3O3S. The topological polar surface area (TPSA) is 81.1 Å². The van der Waals surface area contributed by atoms with E-state index >= 15 is 0 Å². The predicted octanol–water partition coefficient (Wildman–Crippen LogP) is 2.09. The van der Waals surface area contributed by atoms with Crippen LogP contribution in [0, 0.1) is 0 Å². The van der Waals surface area contributed by atoms with Crippen molar-refractivity contribution in [2.24, 2.45) is 0 Å². The lowest BCUT2D eigenvalue weighted by molar-refractivity contribution is 0.0997. The van der Waals surface area contributed by atoms with Crippen molar-refractivity contribution < 1.29 is 13.2 Å². The monoisotopic (exact) mass is 355 g/mol. The molecule has 25 heavy (non-hydrogen) atoms. The Bertz CT molecular complexity index is 952. The molecule has 0 aliphatic carbocycles. The third-order valence-electron chi connectivity index (χ3n) is 3.62. The minimum Gasteiger partial charge on any atom is -0.293 e. The van der Waals surface area contributed by atoms with Gasteiger partial charge in [0.05, 0.1) is 29.7 Å². The Morgan fingerprint density at radius 1 is 1.00 bits per heavy atom. The molecular weight excluding hydrogens is 338 g/mol. The highest BCUT2D eigenvalue weighted by molar-refractivity contribution is 7.89. The zero-order chi connectivity index (χ0) is 17.7. The lowest BCUT2D eigenvalue weighted by Gasteiger charge is -2.05. The van der Waals surface area contributed by atoms with Crippen molar-refractivity contribution in [3.63, 3.8) is 0 Å². The van der Waals surface area contributed by atoms with E-state index in [1.165, 1.54) is 18.3 Å². The highest BCUT2D eigenvalue weighted by atomic mass is 32.2. The summed E-state index contributed by atoms with van der Waals surface area (Å²) in [7, 11) is -3.70. The second-order valence-electron chi connectivity index (χ2n) is 5.47. The van der Waals surface area contributed by atoms with Crippen LogP contribution in [0.2, 0.25) is 0 Å². The molecule has 0 spiro atoms. The van der Waals surface area contributed by atoms with Gasteiger partial charge in [0.1, 0.15) is 0 Å². The molecule has 2 aromatic carbocycles. The van der Waals surface area contributed by atoms with Crippen LogP contribution in [-0.4, -0.2) is 30.5 Å². The maximum absolute atomic E-state index is 12.2. The first kappa shape index (κ1) is 17.1.